The lowest BCUT2D eigenvalue weighted by Crippen LogP contribution is -2.05. The van der Waals surface area contributed by atoms with Crippen LogP contribution < -0.4 is 0 Å². The zero-order valence-corrected chi connectivity index (χ0v) is 10.9. The molecule has 2 nitrogen and oxygen atoms in total. The maximum Gasteiger partial charge on any atom is 0.0645 e. The minimum atomic E-state index is 0.760. The molecule has 0 unspecified atom stereocenters. The molecular weight excluding hydrogens is 234 g/mol. The van der Waals surface area contributed by atoms with Gasteiger partial charge in [0.1, 0.15) is 0 Å². The van der Waals surface area contributed by atoms with E-state index in [1.54, 1.807) is 0 Å². The standard InChI is InChI=1S/C14H18ClNO/c1-2-3-9-17-10-8-16-7-6-12-4-5-13(15)11-14(12)16/h4-7,11H,2-3,8-10H2,1H3. The van der Waals surface area contributed by atoms with Crippen LogP contribution >= 0.6 is 11.6 Å². The minimum absolute atomic E-state index is 0.760. The molecule has 0 saturated heterocycles. The Morgan fingerprint density at radius 1 is 1.24 bits per heavy atom. The first-order valence-corrected chi connectivity index (χ1v) is 6.51. The normalized spacial score (nSPS) is 11.2. The van der Waals surface area contributed by atoms with Crippen LogP contribution in [0.5, 0.6) is 0 Å². The summed E-state index contributed by atoms with van der Waals surface area (Å²) in [5.41, 5.74) is 1.18. The summed E-state index contributed by atoms with van der Waals surface area (Å²) in [5.74, 6) is 0. The van der Waals surface area contributed by atoms with Crippen molar-refractivity contribution in [1.82, 2.24) is 4.57 Å². The molecule has 0 aliphatic heterocycles. The number of benzene rings is 1. The van der Waals surface area contributed by atoms with E-state index in [-0.39, 0.29) is 0 Å². The van der Waals surface area contributed by atoms with E-state index in [1.165, 1.54) is 17.3 Å². The molecular formula is C14H18ClNO. The Balaban J connectivity index is 1.96. The van der Waals surface area contributed by atoms with Gasteiger partial charge in [0.25, 0.3) is 0 Å². The Labute approximate surface area is 107 Å². The molecule has 2 aromatic rings. The number of hydrogen-bond acceptors (Lipinski definition) is 1. The summed E-state index contributed by atoms with van der Waals surface area (Å²) in [4.78, 5) is 0. The van der Waals surface area contributed by atoms with Gasteiger partial charge in [-0.2, -0.15) is 0 Å². The number of halogens is 1. The Morgan fingerprint density at radius 3 is 2.94 bits per heavy atom. The van der Waals surface area contributed by atoms with Crippen molar-refractivity contribution in [2.45, 2.75) is 26.3 Å². The van der Waals surface area contributed by atoms with Crippen LogP contribution in [0.2, 0.25) is 5.02 Å². The number of aromatic nitrogens is 1. The third-order valence-corrected chi connectivity index (χ3v) is 3.09. The molecule has 0 aliphatic rings. The Bertz CT molecular complexity index is 478. The fourth-order valence-corrected chi connectivity index (χ4v) is 2.03. The minimum Gasteiger partial charge on any atom is -0.380 e. The lowest BCUT2D eigenvalue weighted by atomic mass is 10.2. The van der Waals surface area contributed by atoms with E-state index < -0.39 is 0 Å². The van der Waals surface area contributed by atoms with Crippen LogP contribution in [0.15, 0.2) is 30.5 Å². The highest BCUT2D eigenvalue weighted by molar-refractivity contribution is 6.31. The van der Waals surface area contributed by atoms with Crippen LogP contribution in [0.3, 0.4) is 0 Å². The number of fused-ring (bicyclic) bond motifs is 1. The fourth-order valence-electron chi connectivity index (χ4n) is 1.86. The van der Waals surface area contributed by atoms with Crippen molar-refractivity contribution in [3.63, 3.8) is 0 Å². The van der Waals surface area contributed by atoms with Crippen molar-refractivity contribution >= 4 is 22.5 Å². The lowest BCUT2D eigenvalue weighted by Gasteiger charge is -2.06. The van der Waals surface area contributed by atoms with Crippen molar-refractivity contribution in [2.24, 2.45) is 0 Å². The first kappa shape index (κ1) is 12.5. The summed E-state index contributed by atoms with van der Waals surface area (Å²) >= 11 is 6.01. The molecule has 92 valence electrons. The average Bonchev–Trinajstić information content (AvgIpc) is 2.72. The second-order valence-corrected chi connectivity index (χ2v) is 4.61. The Kier molecular flexibility index (Phi) is 4.46. The van der Waals surface area contributed by atoms with Crippen molar-refractivity contribution in [2.75, 3.05) is 13.2 Å². The van der Waals surface area contributed by atoms with Crippen molar-refractivity contribution in [3.05, 3.63) is 35.5 Å². The van der Waals surface area contributed by atoms with E-state index in [9.17, 15) is 0 Å². The second-order valence-electron chi connectivity index (χ2n) is 4.18. The highest BCUT2D eigenvalue weighted by Crippen LogP contribution is 2.20. The number of hydrogen-bond donors (Lipinski definition) is 0. The number of unbranched alkanes of at least 4 members (excludes halogenated alkanes) is 1. The molecule has 0 N–H and O–H groups in total. The summed E-state index contributed by atoms with van der Waals surface area (Å²) in [6.07, 6.45) is 4.41. The number of nitrogens with zero attached hydrogens (tertiary/aromatic N) is 1. The van der Waals surface area contributed by atoms with Gasteiger partial charge < -0.3 is 9.30 Å². The zero-order chi connectivity index (χ0) is 12.1. The van der Waals surface area contributed by atoms with Crippen molar-refractivity contribution in [3.8, 4) is 0 Å². The summed E-state index contributed by atoms with van der Waals surface area (Å²) in [5, 5.41) is 2.01. The molecule has 0 fully saturated rings. The topological polar surface area (TPSA) is 14.2 Å². The smallest absolute Gasteiger partial charge is 0.0645 e. The Morgan fingerprint density at radius 2 is 2.12 bits per heavy atom. The third kappa shape index (κ3) is 3.24. The summed E-state index contributed by atoms with van der Waals surface area (Å²) < 4.78 is 7.76. The van der Waals surface area contributed by atoms with Gasteiger partial charge in [0.2, 0.25) is 0 Å². The van der Waals surface area contributed by atoms with Gasteiger partial charge in [0.15, 0.2) is 0 Å². The average molecular weight is 252 g/mol. The molecule has 0 amide bonds. The van der Waals surface area contributed by atoms with E-state index >= 15 is 0 Å². The zero-order valence-electron chi connectivity index (χ0n) is 10.2. The Hall–Kier alpha value is -0.990. The molecule has 3 heteroatoms. The summed E-state index contributed by atoms with van der Waals surface area (Å²) in [6, 6.07) is 8.08. The number of rotatable bonds is 6. The van der Waals surface area contributed by atoms with Crippen molar-refractivity contribution < 1.29 is 4.74 Å². The molecule has 0 aliphatic carbocycles. The van der Waals surface area contributed by atoms with Gasteiger partial charge in [0.05, 0.1) is 6.61 Å². The van der Waals surface area contributed by atoms with Crippen LogP contribution in [0, 0.1) is 0 Å². The quantitative estimate of drug-likeness (QED) is 0.705. The predicted molar refractivity (Wildman–Crippen MR) is 72.7 cm³/mol. The van der Waals surface area contributed by atoms with Gasteiger partial charge in [-0.3, -0.25) is 0 Å². The molecule has 1 aromatic heterocycles. The summed E-state index contributed by atoms with van der Waals surface area (Å²) in [7, 11) is 0. The van der Waals surface area contributed by atoms with Gasteiger partial charge in [-0.05, 0) is 30.0 Å². The van der Waals surface area contributed by atoms with Gasteiger partial charge in [-0.25, -0.2) is 0 Å². The maximum atomic E-state index is 6.01. The molecule has 17 heavy (non-hydrogen) atoms. The molecule has 0 bridgehead atoms. The maximum absolute atomic E-state index is 6.01. The highest BCUT2D eigenvalue weighted by Gasteiger charge is 2.01. The molecule has 1 heterocycles. The molecule has 0 spiro atoms. The first-order chi connectivity index (χ1) is 8.31. The van der Waals surface area contributed by atoms with E-state index in [0.717, 1.165) is 31.2 Å². The van der Waals surface area contributed by atoms with Crippen LogP contribution in [-0.4, -0.2) is 17.8 Å². The SMILES string of the molecule is CCCCOCCn1ccc2ccc(Cl)cc21. The number of ether oxygens (including phenoxy) is 1. The van der Waals surface area contributed by atoms with Gasteiger partial charge in [0, 0.05) is 29.9 Å². The summed E-state index contributed by atoms with van der Waals surface area (Å²) in [6.45, 7) is 4.67. The van der Waals surface area contributed by atoms with E-state index in [1.807, 2.05) is 18.2 Å². The molecule has 0 radical (unpaired) electrons. The predicted octanol–water partition coefficient (Wildman–Crippen LogP) is 4.11. The first-order valence-electron chi connectivity index (χ1n) is 6.13. The molecule has 0 saturated carbocycles. The van der Waals surface area contributed by atoms with Crippen LogP contribution in [-0.2, 0) is 11.3 Å². The van der Waals surface area contributed by atoms with Crippen LogP contribution in [0.25, 0.3) is 10.9 Å². The van der Waals surface area contributed by atoms with Gasteiger partial charge in [-0.15, -0.1) is 0 Å². The lowest BCUT2D eigenvalue weighted by molar-refractivity contribution is 0.124. The third-order valence-electron chi connectivity index (χ3n) is 2.85. The molecule has 2 rings (SSSR count). The van der Waals surface area contributed by atoms with E-state index in [0.29, 0.717) is 0 Å². The van der Waals surface area contributed by atoms with Gasteiger partial charge >= 0.3 is 0 Å². The molecule has 1 aromatic carbocycles. The van der Waals surface area contributed by atoms with E-state index in [4.69, 9.17) is 16.3 Å². The monoisotopic (exact) mass is 251 g/mol. The largest absolute Gasteiger partial charge is 0.380 e. The molecule has 0 atom stereocenters. The van der Waals surface area contributed by atoms with Crippen LogP contribution in [0.1, 0.15) is 19.8 Å². The second kappa shape index (κ2) is 6.08. The van der Waals surface area contributed by atoms with Crippen LogP contribution in [0.4, 0.5) is 0 Å². The van der Waals surface area contributed by atoms with E-state index in [2.05, 4.69) is 23.8 Å². The highest BCUT2D eigenvalue weighted by atomic mass is 35.5. The van der Waals surface area contributed by atoms with Crippen molar-refractivity contribution in [1.29, 1.82) is 0 Å². The van der Waals surface area contributed by atoms with Gasteiger partial charge in [-0.1, -0.05) is 31.0 Å². The fraction of sp³-hybridized carbons (Fsp3) is 0.429.